The molecule has 0 amide bonds. The predicted octanol–water partition coefficient (Wildman–Crippen LogP) is 4.63. The Labute approximate surface area is 136 Å². The van der Waals surface area contributed by atoms with E-state index >= 15 is 0 Å². The van der Waals surface area contributed by atoms with Crippen molar-refractivity contribution in [2.45, 2.75) is 19.8 Å². The zero-order valence-electron chi connectivity index (χ0n) is 12.3. The second kappa shape index (κ2) is 7.51. The van der Waals surface area contributed by atoms with Gasteiger partial charge in [0.2, 0.25) is 10.0 Å². The smallest absolute Gasteiger partial charge is 0.232 e. The summed E-state index contributed by atoms with van der Waals surface area (Å²) in [5.41, 5.74) is 2.30. The maximum atomic E-state index is 11.8. The number of rotatable bonds is 7. The molecule has 0 aliphatic carbocycles. The van der Waals surface area contributed by atoms with Crippen molar-refractivity contribution in [1.29, 1.82) is 0 Å². The predicted molar refractivity (Wildman–Crippen MR) is 93.5 cm³/mol. The third-order valence-corrected chi connectivity index (χ3v) is 4.65. The number of benzene rings is 2. The van der Waals surface area contributed by atoms with Crippen molar-refractivity contribution in [2.75, 3.05) is 15.8 Å². The Morgan fingerprint density at radius 2 is 1.68 bits per heavy atom. The summed E-state index contributed by atoms with van der Waals surface area (Å²) in [5, 5.41) is 3.87. The minimum Gasteiger partial charge on any atom is -0.355 e. The van der Waals surface area contributed by atoms with Crippen LogP contribution in [0.4, 0.5) is 17.1 Å². The van der Waals surface area contributed by atoms with Crippen LogP contribution in [0.2, 0.25) is 5.02 Å². The number of hydrogen-bond donors (Lipinski definition) is 2. The summed E-state index contributed by atoms with van der Waals surface area (Å²) in [6.45, 7) is 1.96. The lowest BCUT2D eigenvalue weighted by atomic mass is 10.2. The van der Waals surface area contributed by atoms with Gasteiger partial charge in [-0.25, -0.2) is 8.42 Å². The van der Waals surface area contributed by atoms with Gasteiger partial charge >= 0.3 is 0 Å². The molecule has 118 valence electrons. The highest BCUT2D eigenvalue weighted by molar-refractivity contribution is 7.92. The molecular weight excluding hydrogens is 320 g/mol. The van der Waals surface area contributed by atoms with Crippen molar-refractivity contribution in [2.24, 2.45) is 0 Å². The lowest BCUT2D eigenvalue weighted by molar-refractivity contribution is 0.598. The number of sulfonamides is 1. The summed E-state index contributed by atoms with van der Waals surface area (Å²) in [6, 6.07) is 14.5. The second-order valence-electron chi connectivity index (χ2n) is 4.99. The maximum Gasteiger partial charge on any atom is 0.232 e. The van der Waals surface area contributed by atoms with Crippen molar-refractivity contribution in [3.05, 3.63) is 53.6 Å². The summed E-state index contributed by atoms with van der Waals surface area (Å²) in [4.78, 5) is 0. The largest absolute Gasteiger partial charge is 0.355 e. The van der Waals surface area contributed by atoms with E-state index in [4.69, 9.17) is 11.6 Å². The van der Waals surface area contributed by atoms with Gasteiger partial charge in [0.25, 0.3) is 0 Å². The van der Waals surface area contributed by atoms with Gasteiger partial charge in [0.1, 0.15) is 0 Å². The lowest BCUT2D eigenvalue weighted by Crippen LogP contribution is -2.16. The first-order valence-corrected chi connectivity index (χ1v) is 9.15. The fourth-order valence-corrected chi connectivity index (χ4v) is 3.38. The number of halogens is 1. The van der Waals surface area contributed by atoms with Gasteiger partial charge in [0.05, 0.1) is 5.75 Å². The van der Waals surface area contributed by atoms with Gasteiger partial charge in [-0.3, -0.25) is 4.72 Å². The summed E-state index contributed by atoms with van der Waals surface area (Å²) < 4.78 is 26.2. The first-order valence-electron chi connectivity index (χ1n) is 7.11. The van der Waals surface area contributed by atoms with E-state index in [0.717, 1.165) is 17.8 Å². The molecule has 2 aromatic carbocycles. The Morgan fingerprint density at radius 3 is 2.32 bits per heavy atom. The summed E-state index contributed by atoms with van der Waals surface area (Å²) in [6.07, 6.45) is 1.51. The van der Waals surface area contributed by atoms with Gasteiger partial charge in [-0.2, -0.15) is 0 Å². The lowest BCUT2D eigenvalue weighted by Gasteiger charge is -2.10. The molecule has 2 N–H and O–H groups in total. The third-order valence-electron chi connectivity index (χ3n) is 3.04. The minimum absolute atomic E-state index is 0.145. The van der Waals surface area contributed by atoms with Crippen molar-refractivity contribution in [3.8, 4) is 0 Å². The van der Waals surface area contributed by atoms with Gasteiger partial charge in [-0.1, -0.05) is 31.0 Å². The Balaban J connectivity index is 2.01. The molecule has 0 aliphatic heterocycles. The fraction of sp³-hybridized carbons (Fsp3) is 0.250. The van der Waals surface area contributed by atoms with Gasteiger partial charge in [-0.05, 0) is 48.9 Å². The molecule has 0 fully saturated rings. The number of hydrogen-bond acceptors (Lipinski definition) is 3. The van der Waals surface area contributed by atoms with E-state index in [2.05, 4.69) is 10.0 Å². The average Bonchev–Trinajstić information content (AvgIpc) is 2.47. The minimum atomic E-state index is -3.26. The van der Waals surface area contributed by atoms with E-state index < -0.39 is 10.0 Å². The monoisotopic (exact) mass is 338 g/mol. The highest BCUT2D eigenvalue weighted by Crippen LogP contribution is 2.22. The normalized spacial score (nSPS) is 11.2. The van der Waals surface area contributed by atoms with E-state index in [1.165, 1.54) is 0 Å². The van der Waals surface area contributed by atoms with Crippen LogP contribution in [-0.4, -0.2) is 14.2 Å². The number of anilines is 3. The molecule has 6 heteroatoms. The molecule has 4 nitrogen and oxygen atoms in total. The molecule has 0 atom stereocenters. The van der Waals surface area contributed by atoms with E-state index in [-0.39, 0.29) is 5.75 Å². The molecule has 0 saturated heterocycles. The first-order chi connectivity index (χ1) is 10.5. The molecule has 0 saturated carbocycles. The molecule has 0 spiro atoms. The fourth-order valence-electron chi connectivity index (χ4n) is 1.92. The van der Waals surface area contributed by atoms with Gasteiger partial charge in [0, 0.05) is 22.1 Å². The standard InChI is InChI=1S/C16H19ClN2O2S/c1-2-3-11-22(20,21)19-15-9-7-14(8-10-15)18-16-6-4-5-13(17)12-16/h4-10,12,18-19H,2-3,11H2,1H3. The molecule has 2 rings (SSSR count). The van der Waals surface area contributed by atoms with Crippen molar-refractivity contribution in [3.63, 3.8) is 0 Å². The summed E-state index contributed by atoms with van der Waals surface area (Å²) >= 11 is 5.93. The van der Waals surface area contributed by atoms with Crippen LogP contribution in [-0.2, 0) is 10.0 Å². The highest BCUT2D eigenvalue weighted by atomic mass is 35.5. The third kappa shape index (κ3) is 5.24. The van der Waals surface area contributed by atoms with Crippen LogP contribution >= 0.6 is 11.6 Å². The number of nitrogens with one attached hydrogen (secondary N) is 2. The van der Waals surface area contributed by atoms with Crippen molar-refractivity contribution >= 4 is 38.7 Å². The highest BCUT2D eigenvalue weighted by Gasteiger charge is 2.09. The van der Waals surface area contributed by atoms with Crippen LogP contribution < -0.4 is 10.0 Å². The van der Waals surface area contributed by atoms with E-state index in [9.17, 15) is 8.42 Å². The van der Waals surface area contributed by atoms with E-state index in [1.807, 2.05) is 37.3 Å². The summed E-state index contributed by atoms with van der Waals surface area (Å²) in [7, 11) is -3.26. The topological polar surface area (TPSA) is 58.2 Å². The van der Waals surface area contributed by atoms with Crippen LogP contribution in [0.15, 0.2) is 48.5 Å². The molecule has 2 aromatic rings. The number of unbranched alkanes of at least 4 members (excludes halogenated alkanes) is 1. The molecule has 0 heterocycles. The molecule has 22 heavy (non-hydrogen) atoms. The zero-order chi connectivity index (χ0) is 16.0. The molecule has 0 aromatic heterocycles. The van der Waals surface area contributed by atoms with Crippen molar-refractivity contribution < 1.29 is 8.42 Å². The van der Waals surface area contributed by atoms with Crippen LogP contribution in [0, 0.1) is 0 Å². The van der Waals surface area contributed by atoms with Crippen LogP contribution in [0.1, 0.15) is 19.8 Å². The van der Waals surface area contributed by atoms with Gasteiger partial charge in [0.15, 0.2) is 0 Å². The zero-order valence-corrected chi connectivity index (χ0v) is 13.9. The van der Waals surface area contributed by atoms with Crippen LogP contribution in [0.25, 0.3) is 0 Å². The van der Waals surface area contributed by atoms with Gasteiger partial charge < -0.3 is 5.32 Å². The quantitative estimate of drug-likeness (QED) is 0.774. The molecule has 0 bridgehead atoms. The maximum absolute atomic E-state index is 11.8. The molecular formula is C16H19ClN2O2S. The Bertz CT molecular complexity index is 715. The molecule has 0 aliphatic rings. The van der Waals surface area contributed by atoms with E-state index in [1.54, 1.807) is 18.2 Å². The van der Waals surface area contributed by atoms with Gasteiger partial charge in [-0.15, -0.1) is 0 Å². The van der Waals surface area contributed by atoms with Crippen LogP contribution in [0.3, 0.4) is 0 Å². The first kappa shape index (κ1) is 16.6. The second-order valence-corrected chi connectivity index (χ2v) is 7.27. The molecule has 0 unspecified atom stereocenters. The Hall–Kier alpha value is -1.72. The Kier molecular flexibility index (Phi) is 5.69. The van der Waals surface area contributed by atoms with Crippen molar-refractivity contribution in [1.82, 2.24) is 0 Å². The molecule has 0 radical (unpaired) electrons. The summed E-state index contributed by atoms with van der Waals surface area (Å²) in [5.74, 6) is 0.145. The SMILES string of the molecule is CCCCS(=O)(=O)Nc1ccc(Nc2cccc(Cl)c2)cc1. The van der Waals surface area contributed by atoms with Crippen LogP contribution in [0.5, 0.6) is 0 Å². The average molecular weight is 339 g/mol. The van der Waals surface area contributed by atoms with E-state index in [0.29, 0.717) is 17.1 Å². The Morgan fingerprint density at radius 1 is 1.00 bits per heavy atom.